The second kappa shape index (κ2) is 5.77. The highest BCUT2D eigenvalue weighted by atomic mass is 16.6. The summed E-state index contributed by atoms with van der Waals surface area (Å²) < 4.78 is 5.39. The van der Waals surface area contributed by atoms with Gasteiger partial charge in [0.15, 0.2) is 0 Å². The molecule has 0 aliphatic rings. The number of nitrogens with one attached hydrogen (secondary N) is 2. The van der Waals surface area contributed by atoms with E-state index in [-0.39, 0.29) is 0 Å². The SMILES string of the molecule is OC(Nc1cccc2cc[nH]c12)OCc1ccccc1. The van der Waals surface area contributed by atoms with Gasteiger partial charge in [0, 0.05) is 11.6 Å². The molecule has 2 aromatic carbocycles. The second-order valence-electron chi connectivity index (χ2n) is 4.54. The molecule has 1 aromatic heterocycles. The first-order valence-corrected chi connectivity index (χ1v) is 6.49. The molecule has 3 N–H and O–H groups in total. The normalized spacial score (nSPS) is 12.4. The lowest BCUT2D eigenvalue weighted by Crippen LogP contribution is -2.22. The Morgan fingerprint density at radius 2 is 1.90 bits per heavy atom. The van der Waals surface area contributed by atoms with Crippen LogP contribution in [0, 0.1) is 0 Å². The molecule has 3 rings (SSSR count). The summed E-state index contributed by atoms with van der Waals surface area (Å²) in [6.07, 6.45) is 0.816. The van der Waals surface area contributed by atoms with Crippen molar-refractivity contribution < 1.29 is 9.84 Å². The summed E-state index contributed by atoms with van der Waals surface area (Å²) in [6, 6.07) is 17.6. The first kappa shape index (κ1) is 12.7. The highest BCUT2D eigenvalue weighted by Gasteiger charge is 2.07. The molecule has 3 aromatic rings. The van der Waals surface area contributed by atoms with Gasteiger partial charge in [-0.15, -0.1) is 0 Å². The quantitative estimate of drug-likeness (QED) is 0.623. The monoisotopic (exact) mass is 268 g/mol. The maximum absolute atomic E-state index is 9.91. The van der Waals surface area contributed by atoms with Gasteiger partial charge in [-0.3, -0.25) is 0 Å². The van der Waals surface area contributed by atoms with Gasteiger partial charge in [-0.05, 0) is 17.7 Å². The number of H-pyrrole nitrogens is 1. The van der Waals surface area contributed by atoms with E-state index in [0.717, 1.165) is 22.2 Å². The zero-order chi connectivity index (χ0) is 13.8. The molecular formula is C16H16N2O2. The van der Waals surface area contributed by atoms with Crippen molar-refractivity contribution in [3.63, 3.8) is 0 Å². The van der Waals surface area contributed by atoms with E-state index in [1.165, 1.54) is 0 Å². The van der Waals surface area contributed by atoms with Gasteiger partial charge in [-0.2, -0.15) is 0 Å². The molecule has 0 amide bonds. The molecule has 0 fully saturated rings. The third-order valence-corrected chi connectivity index (χ3v) is 3.12. The molecule has 102 valence electrons. The van der Waals surface area contributed by atoms with Gasteiger partial charge in [0.2, 0.25) is 6.41 Å². The van der Waals surface area contributed by atoms with Crippen LogP contribution in [0.5, 0.6) is 0 Å². The average molecular weight is 268 g/mol. The third-order valence-electron chi connectivity index (χ3n) is 3.12. The Labute approximate surface area is 117 Å². The molecular weight excluding hydrogens is 252 g/mol. The summed E-state index contributed by atoms with van der Waals surface area (Å²) in [5.74, 6) is 0. The molecule has 1 heterocycles. The van der Waals surface area contributed by atoms with Gasteiger partial charge in [0.05, 0.1) is 17.8 Å². The Morgan fingerprint density at radius 1 is 1.05 bits per heavy atom. The van der Waals surface area contributed by atoms with Crippen LogP contribution in [-0.4, -0.2) is 16.5 Å². The first-order chi connectivity index (χ1) is 9.83. The highest BCUT2D eigenvalue weighted by molar-refractivity contribution is 5.90. The topological polar surface area (TPSA) is 57.3 Å². The van der Waals surface area contributed by atoms with E-state index in [1.807, 2.05) is 60.8 Å². The molecule has 20 heavy (non-hydrogen) atoms. The number of fused-ring (bicyclic) bond motifs is 1. The van der Waals surface area contributed by atoms with E-state index >= 15 is 0 Å². The summed E-state index contributed by atoms with van der Waals surface area (Å²) in [4.78, 5) is 3.14. The fourth-order valence-electron chi connectivity index (χ4n) is 2.13. The number of anilines is 1. The number of aromatic nitrogens is 1. The number of aliphatic hydroxyl groups excluding tert-OH is 1. The smallest absolute Gasteiger partial charge is 0.235 e. The number of rotatable bonds is 5. The van der Waals surface area contributed by atoms with Crippen molar-refractivity contribution in [3.8, 4) is 0 Å². The first-order valence-electron chi connectivity index (χ1n) is 6.49. The summed E-state index contributed by atoms with van der Waals surface area (Å²) in [5, 5.41) is 13.9. The molecule has 1 atom stereocenters. The van der Waals surface area contributed by atoms with E-state index < -0.39 is 6.41 Å². The Hall–Kier alpha value is -2.30. The Kier molecular flexibility index (Phi) is 3.67. The minimum Gasteiger partial charge on any atom is -0.359 e. The van der Waals surface area contributed by atoms with E-state index in [0.29, 0.717) is 6.61 Å². The third kappa shape index (κ3) is 2.82. The van der Waals surface area contributed by atoms with Crippen LogP contribution in [0.3, 0.4) is 0 Å². The number of para-hydroxylation sites is 1. The van der Waals surface area contributed by atoms with Crippen LogP contribution in [-0.2, 0) is 11.3 Å². The number of hydrogen-bond acceptors (Lipinski definition) is 3. The van der Waals surface area contributed by atoms with Gasteiger partial charge in [0.1, 0.15) is 0 Å². The van der Waals surface area contributed by atoms with Crippen molar-refractivity contribution in [2.45, 2.75) is 13.0 Å². The summed E-state index contributed by atoms with van der Waals surface area (Å²) in [5.41, 5.74) is 2.79. The Morgan fingerprint density at radius 3 is 2.75 bits per heavy atom. The standard InChI is InChI=1S/C16H16N2O2/c19-16(20-11-12-5-2-1-3-6-12)18-14-8-4-7-13-9-10-17-15(13)14/h1-10,16-19H,11H2. The fraction of sp³-hybridized carbons (Fsp3) is 0.125. The second-order valence-corrected chi connectivity index (χ2v) is 4.54. The number of aliphatic hydroxyl groups is 1. The number of ether oxygens (including phenoxy) is 1. The van der Waals surface area contributed by atoms with Crippen molar-refractivity contribution in [2.24, 2.45) is 0 Å². The molecule has 0 spiro atoms. The molecule has 4 heteroatoms. The van der Waals surface area contributed by atoms with Crippen LogP contribution in [0.4, 0.5) is 5.69 Å². The molecule has 0 aliphatic heterocycles. The lowest BCUT2D eigenvalue weighted by Gasteiger charge is -2.15. The molecule has 0 aliphatic carbocycles. The zero-order valence-electron chi connectivity index (χ0n) is 10.9. The Bertz CT molecular complexity index is 679. The van der Waals surface area contributed by atoms with Gasteiger partial charge < -0.3 is 20.1 Å². The van der Waals surface area contributed by atoms with Crippen LogP contribution in [0.15, 0.2) is 60.8 Å². The predicted octanol–water partition coefficient (Wildman–Crippen LogP) is 3.07. The van der Waals surface area contributed by atoms with Crippen LogP contribution in [0.2, 0.25) is 0 Å². The minimum absolute atomic E-state index is 0.357. The molecule has 1 unspecified atom stereocenters. The van der Waals surface area contributed by atoms with Gasteiger partial charge in [-0.1, -0.05) is 42.5 Å². The average Bonchev–Trinajstić information content (AvgIpc) is 2.96. The summed E-state index contributed by atoms with van der Waals surface area (Å²) in [7, 11) is 0. The van der Waals surface area contributed by atoms with Crippen molar-refractivity contribution in [1.29, 1.82) is 0 Å². The van der Waals surface area contributed by atoms with E-state index in [1.54, 1.807) is 0 Å². The van der Waals surface area contributed by atoms with Gasteiger partial charge in [-0.25, -0.2) is 0 Å². The molecule has 4 nitrogen and oxygen atoms in total. The lowest BCUT2D eigenvalue weighted by molar-refractivity contribution is -0.0870. The maximum atomic E-state index is 9.91. The van der Waals surface area contributed by atoms with Crippen LogP contribution >= 0.6 is 0 Å². The van der Waals surface area contributed by atoms with Crippen molar-refractivity contribution in [2.75, 3.05) is 5.32 Å². The molecule has 0 bridgehead atoms. The number of hydrogen-bond donors (Lipinski definition) is 3. The van der Waals surface area contributed by atoms with Crippen molar-refractivity contribution in [1.82, 2.24) is 4.98 Å². The van der Waals surface area contributed by atoms with Gasteiger partial charge >= 0.3 is 0 Å². The zero-order valence-corrected chi connectivity index (χ0v) is 10.9. The van der Waals surface area contributed by atoms with Crippen LogP contribution in [0.25, 0.3) is 10.9 Å². The molecule has 0 radical (unpaired) electrons. The highest BCUT2D eigenvalue weighted by Crippen LogP contribution is 2.22. The predicted molar refractivity (Wildman–Crippen MR) is 79.2 cm³/mol. The summed E-state index contributed by atoms with van der Waals surface area (Å²) >= 11 is 0. The number of benzene rings is 2. The van der Waals surface area contributed by atoms with E-state index in [4.69, 9.17) is 4.74 Å². The maximum Gasteiger partial charge on any atom is 0.235 e. The molecule has 0 saturated carbocycles. The van der Waals surface area contributed by atoms with E-state index in [2.05, 4.69) is 10.3 Å². The lowest BCUT2D eigenvalue weighted by atomic mass is 10.2. The van der Waals surface area contributed by atoms with Crippen molar-refractivity contribution >= 4 is 16.6 Å². The van der Waals surface area contributed by atoms with E-state index in [9.17, 15) is 5.11 Å². The Balaban J connectivity index is 1.64. The minimum atomic E-state index is -1.05. The number of aromatic amines is 1. The summed E-state index contributed by atoms with van der Waals surface area (Å²) in [6.45, 7) is 0.357. The fourth-order valence-corrected chi connectivity index (χ4v) is 2.13. The van der Waals surface area contributed by atoms with Gasteiger partial charge in [0.25, 0.3) is 0 Å². The van der Waals surface area contributed by atoms with Crippen LogP contribution < -0.4 is 5.32 Å². The molecule has 0 saturated heterocycles. The largest absolute Gasteiger partial charge is 0.359 e. The van der Waals surface area contributed by atoms with Crippen LogP contribution in [0.1, 0.15) is 5.56 Å². The van der Waals surface area contributed by atoms with Crippen molar-refractivity contribution in [3.05, 3.63) is 66.4 Å².